The topological polar surface area (TPSA) is 78.0 Å². The van der Waals surface area contributed by atoms with Gasteiger partial charge in [-0.25, -0.2) is 0 Å². The fraction of sp³-hybridized carbons (Fsp3) is 0.500. The maximum atomic E-state index is 13.0. The molecule has 2 aliphatic carbocycles. The van der Waals surface area contributed by atoms with Crippen LogP contribution in [0.25, 0.3) is 0 Å². The molecule has 1 atom stereocenters. The first-order valence-electron chi connectivity index (χ1n) is 9.19. The first-order valence-corrected chi connectivity index (χ1v) is 9.19. The SMILES string of the molecule is Cc1[nH]nc(C2CC2)c1C(=O)N[C@@H](Cc1ccccc1)C1CC(O)C1. The number of aromatic amines is 1. The molecular weight excluding hydrogens is 314 g/mol. The number of rotatable bonds is 6. The summed E-state index contributed by atoms with van der Waals surface area (Å²) < 4.78 is 0. The molecule has 5 heteroatoms. The summed E-state index contributed by atoms with van der Waals surface area (Å²) in [5.41, 5.74) is 3.69. The molecule has 0 aliphatic heterocycles. The highest BCUT2D eigenvalue weighted by molar-refractivity contribution is 5.97. The minimum atomic E-state index is -0.224. The van der Waals surface area contributed by atoms with Crippen LogP contribution in [0, 0.1) is 12.8 Å². The summed E-state index contributed by atoms with van der Waals surface area (Å²) in [5, 5.41) is 20.3. The van der Waals surface area contributed by atoms with Gasteiger partial charge in [-0.15, -0.1) is 0 Å². The second kappa shape index (κ2) is 6.64. The number of aryl methyl sites for hydroxylation is 1. The highest BCUT2D eigenvalue weighted by atomic mass is 16.3. The van der Waals surface area contributed by atoms with Gasteiger partial charge in [-0.1, -0.05) is 30.3 Å². The van der Waals surface area contributed by atoms with Crippen LogP contribution in [0.2, 0.25) is 0 Å². The van der Waals surface area contributed by atoms with E-state index in [-0.39, 0.29) is 18.1 Å². The molecule has 25 heavy (non-hydrogen) atoms. The average Bonchev–Trinajstić information content (AvgIpc) is 3.34. The minimum absolute atomic E-state index is 0.0320. The number of aromatic nitrogens is 2. The summed E-state index contributed by atoms with van der Waals surface area (Å²) in [6.07, 6.45) is 4.33. The van der Waals surface area contributed by atoms with Crippen LogP contribution in [-0.4, -0.2) is 33.4 Å². The number of H-pyrrole nitrogens is 1. The Labute approximate surface area is 147 Å². The number of aliphatic hydroxyl groups excluding tert-OH is 1. The number of hydrogen-bond acceptors (Lipinski definition) is 3. The van der Waals surface area contributed by atoms with Crippen molar-refractivity contribution in [2.75, 3.05) is 0 Å². The molecule has 5 nitrogen and oxygen atoms in total. The van der Waals surface area contributed by atoms with Crippen LogP contribution in [-0.2, 0) is 6.42 Å². The zero-order chi connectivity index (χ0) is 17.4. The predicted molar refractivity (Wildman–Crippen MR) is 95.4 cm³/mol. The number of amides is 1. The molecule has 4 rings (SSSR count). The van der Waals surface area contributed by atoms with E-state index < -0.39 is 0 Å². The van der Waals surface area contributed by atoms with E-state index in [1.54, 1.807) is 0 Å². The van der Waals surface area contributed by atoms with Crippen LogP contribution < -0.4 is 5.32 Å². The zero-order valence-corrected chi connectivity index (χ0v) is 14.5. The van der Waals surface area contributed by atoms with E-state index in [0.717, 1.165) is 49.1 Å². The van der Waals surface area contributed by atoms with Gasteiger partial charge in [-0.05, 0) is 50.5 Å². The van der Waals surface area contributed by atoms with Crippen molar-refractivity contribution < 1.29 is 9.90 Å². The first kappa shape index (κ1) is 16.3. The van der Waals surface area contributed by atoms with Gasteiger partial charge in [0.1, 0.15) is 0 Å². The highest BCUT2D eigenvalue weighted by Crippen LogP contribution is 2.41. The summed E-state index contributed by atoms with van der Waals surface area (Å²) in [5.74, 6) is 0.731. The highest BCUT2D eigenvalue weighted by Gasteiger charge is 2.37. The fourth-order valence-electron chi connectivity index (χ4n) is 3.79. The third-order valence-electron chi connectivity index (χ3n) is 5.50. The van der Waals surface area contributed by atoms with Crippen molar-refractivity contribution in [1.29, 1.82) is 0 Å². The number of aliphatic hydroxyl groups is 1. The van der Waals surface area contributed by atoms with Crippen LogP contribution in [0.5, 0.6) is 0 Å². The van der Waals surface area contributed by atoms with Crippen molar-refractivity contribution >= 4 is 5.91 Å². The molecule has 0 bridgehead atoms. The van der Waals surface area contributed by atoms with E-state index in [4.69, 9.17) is 0 Å². The van der Waals surface area contributed by atoms with Crippen molar-refractivity contribution in [1.82, 2.24) is 15.5 Å². The molecule has 0 saturated heterocycles. The van der Waals surface area contributed by atoms with Gasteiger partial charge >= 0.3 is 0 Å². The zero-order valence-electron chi connectivity index (χ0n) is 14.5. The van der Waals surface area contributed by atoms with Gasteiger partial charge in [-0.3, -0.25) is 9.89 Å². The summed E-state index contributed by atoms with van der Waals surface area (Å²) in [6, 6.07) is 10.3. The molecule has 0 unspecified atom stereocenters. The largest absolute Gasteiger partial charge is 0.393 e. The molecule has 2 saturated carbocycles. The lowest BCUT2D eigenvalue weighted by molar-refractivity contribution is 0.0239. The van der Waals surface area contributed by atoms with Crippen LogP contribution in [0.1, 0.15) is 58.9 Å². The number of carbonyl (C=O) groups excluding carboxylic acids is 1. The van der Waals surface area contributed by atoms with Crippen LogP contribution in [0.15, 0.2) is 30.3 Å². The lowest BCUT2D eigenvalue weighted by Gasteiger charge is -2.38. The van der Waals surface area contributed by atoms with Crippen molar-refractivity contribution in [3.8, 4) is 0 Å². The van der Waals surface area contributed by atoms with Gasteiger partial charge in [0.2, 0.25) is 0 Å². The van der Waals surface area contributed by atoms with Gasteiger partial charge < -0.3 is 10.4 Å². The summed E-state index contributed by atoms with van der Waals surface area (Å²) >= 11 is 0. The maximum absolute atomic E-state index is 13.0. The Balaban J connectivity index is 1.52. The van der Waals surface area contributed by atoms with E-state index in [2.05, 4.69) is 27.6 Å². The maximum Gasteiger partial charge on any atom is 0.255 e. The smallest absolute Gasteiger partial charge is 0.255 e. The van der Waals surface area contributed by atoms with Gasteiger partial charge in [0.25, 0.3) is 5.91 Å². The summed E-state index contributed by atoms with van der Waals surface area (Å²) in [7, 11) is 0. The molecule has 132 valence electrons. The fourth-order valence-corrected chi connectivity index (χ4v) is 3.79. The second-order valence-corrected chi connectivity index (χ2v) is 7.54. The molecule has 1 aromatic carbocycles. The standard InChI is InChI=1S/C20H25N3O2/c1-12-18(19(23-22-12)14-7-8-14)20(25)21-17(15-10-16(24)11-15)9-13-5-3-2-4-6-13/h2-6,14-17,24H,7-11H2,1H3,(H,21,25)(H,22,23)/t15?,16?,17-/m0/s1. The predicted octanol–water partition coefficient (Wildman–Crippen LogP) is 2.71. The quantitative estimate of drug-likeness (QED) is 0.757. The van der Waals surface area contributed by atoms with E-state index in [0.29, 0.717) is 11.8 Å². The van der Waals surface area contributed by atoms with Gasteiger partial charge in [0, 0.05) is 17.7 Å². The van der Waals surface area contributed by atoms with Crippen molar-refractivity contribution in [3.05, 3.63) is 52.8 Å². The summed E-state index contributed by atoms with van der Waals surface area (Å²) in [4.78, 5) is 13.0. The van der Waals surface area contributed by atoms with E-state index in [1.165, 1.54) is 5.56 Å². The Hall–Kier alpha value is -2.14. The number of hydrogen-bond donors (Lipinski definition) is 3. The Morgan fingerprint density at radius 2 is 2.04 bits per heavy atom. The van der Waals surface area contributed by atoms with Crippen molar-refractivity contribution in [2.45, 2.75) is 57.1 Å². The minimum Gasteiger partial charge on any atom is -0.393 e. The molecule has 0 spiro atoms. The Morgan fingerprint density at radius 3 is 2.68 bits per heavy atom. The lowest BCUT2D eigenvalue weighted by Crippen LogP contribution is -2.48. The van der Waals surface area contributed by atoms with E-state index >= 15 is 0 Å². The molecule has 2 aliphatic rings. The van der Waals surface area contributed by atoms with Crippen LogP contribution in [0.3, 0.4) is 0 Å². The Morgan fingerprint density at radius 1 is 1.32 bits per heavy atom. The molecule has 1 aromatic heterocycles. The normalized spacial score (nSPS) is 23.8. The lowest BCUT2D eigenvalue weighted by atomic mass is 9.75. The third kappa shape index (κ3) is 3.47. The van der Waals surface area contributed by atoms with E-state index in [9.17, 15) is 9.90 Å². The van der Waals surface area contributed by atoms with Gasteiger partial charge in [-0.2, -0.15) is 5.10 Å². The molecule has 1 heterocycles. The first-order chi connectivity index (χ1) is 12.1. The summed E-state index contributed by atoms with van der Waals surface area (Å²) in [6.45, 7) is 1.91. The van der Waals surface area contributed by atoms with Crippen LogP contribution in [0.4, 0.5) is 0 Å². The molecule has 3 N–H and O–H groups in total. The van der Waals surface area contributed by atoms with Gasteiger partial charge in [0.15, 0.2) is 0 Å². The molecule has 1 amide bonds. The third-order valence-corrected chi connectivity index (χ3v) is 5.50. The number of carbonyl (C=O) groups is 1. The van der Waals surface area contributed by atoms with Crippen LogP contribution >= 0.6 is 0 Å². The number of nitrogens with one attached hydrogen (secondary N) is 2. The number of nitrogens with zero attached hydrogens (tertiary/aromatic N) is 1. The molecule has 2 fully saturated rings. The molecule has 2 aromatic rings. The Kier molecular flexibility index (Phi) is 4.34. The Bertz CT molecular complexity index is 746. The van der Waals surface area contributed by atoms with Crippen molar-refractivity contribution in [2.24, 2.45) is 5.92 Å². The van der Waals surface area contributed by atoms with E-state index in [1.807, 2.05) is 25.1 Å². The van der Waals surface area contributed by atoms with Gasteiger partial charge in [0.05, 0.1) is 17.4 Å². The van der Waals surface area contributed by atoms with Crippen molar-refractivity contribution in [3.63, 3.8) is 0 Å². The monoisotopic (exact) mass is 339 g/mol. The molecule has 0 radical (unpaired) electrons. The average molecular weight is 339 g/mol. The molecular formula is C20H25N3O2. The number of benzene rings is 1. The second-order valence-electron chi connectivity index (χ2n) is 7.54.